The number of nitrogens with one attached hydrogen (secondary N) is 2. The van der Waals surface area contributed by atoms with Crippen LogP contribution in [0.2, 0.25) is 0 Å². The average Bonchev–Trinajstić information content (AvgIpc) is 2.89. The highest BCUT2D eigenvalue weighted by Crippen LogP contribution is 2.35. The molecule has 2 aliphatic heterocycles. The van der Waals surface area contributed by atoms with E-state index in [1.165, 1.54) is 0 Å². The summed E-state index contributed by atoms with van der Waals surface area (Å²) in [6, 6.07) is 7.33. The lowest BCUT2D eigenvalue weighted by Gasteiger charge is -2.33. The summed E-state index contributed by atoms with van der Waals surface area (Å²) in [5, 5.41) is 6.77. The fourth-order valence-corrected chi connectivity index (χ4v) is 4.69. The maximum atomic E-state index is 12.8. The van der Waals surface area contributed by atoms with Crippen LogP contribution in [0.3, 0.4) is 0 Å². The molecule has 0 aliphatic carbocycles. The van der Waals surface area contributed by atoms with E-state index in [1.54, 1.807) is 0 Å². The number of carbonyl (C=O) groups is 2. The van der Waals surface area contributed by atoms with Gasteiger partial charge in [-0.25, -0.2) is 4.98 Å². The molecule has 1 fully saturated rings. The molecule has 1 saturated heterocycles. The number of nitrogens with two attached hydrogens (primary N) is 1. The summed E-state index contributed by atoms with van der Waals surface area (Å²) in [6.45, 7) is 7.88. The smallest absolute Gasteiger partial charge is 0.253 e. The van der Waals surface area contributed by atoms with Gasteiger partial charge in [0.2, 0.25) is 5.95 Å². The average molecular weight is 478 g/mol. The third kappa shape index (κ3) is 5.62. The van der Waals surface area contributed by atoms with Crippen LogP contribution >= 0.6 is 0 Å². The van der Waals surface area contributed by atoms with Gasteiger partial charge in [-0.1, -0.05) is 32.4 Å². The molecule has 9 heteroatoms. The fourth-order valence-electron chi connectivity index (χ4n) is 4.69. The van der Waals surface area contributed by atoms with Crippen LogP contribution in [0.1, 0.15) is 66.3 Å². The Morgan fingerprint density at radius 2 is 1.97 bits per heavy atom. The van der Waals surface area contributed by atoms with Gasteiger partial charge >= 0.3 is 0 Å². The molecule has 2 aromatic rings. The molecule has 0 spiro atoms. The number of carbonyl (C=O) groups excluding carboxylic acids is 2. The van der Waals surface area contributed by atoms with Crippen LogP contribution in [0.4, 0.5) is 11.8 Å². The zero-order chi connectivity index (χ0) is 24.8. The Morgan fingerprint density at radius 3 is 2.63 bits per heavy atom. The summed E-state index contributed by atoms with van der Waals surface area (Å²) in [4.78, 5) is 37.8. The minimum Gasteiger partial charge on any atom is -0.368 e. The molecule has 3 heterocycles. The van der Waals surface area contributed by atoms with E-state index in [2.05, 4.69) is 34.4 Å². The molecule has 4 rings (SSSR count). The van der Waals surface area contributed by atoms with E-state index in [1.807, 2.05) is 46.3 Å². The summed E-state index contributed by atoms with van der Waals surface area (Å²) in [7, 11) is 0. The Balaban J connectivity index is 1.53. The molecule has 35 heavy (non-hydrogen) atoms. The van der Waals surface area contributed by atoms with Gasteiger partial charge in [0, 0.05) is 50.5 Å². The lowest BCUT2D eigenvalue weighted by atomic mass is 9.99. The number of aldehydes is 1. The lowest BCUT2D eigenvalue weighted by Crippen LogP contribution is -2.46. The molecular formula is C26H35N7O2. The second kappa shape index (κ2) is 11.3. The molecule has 1 unspecified atom stereocenters. The van der Waals surface area contributed by atoms with Crippen LogP contribution in [0, 0.1) is 0 Å². The first-order valence-electron chi connectivity index (χ1n) is 12.5. The largest absolute Gasteiger partial charge is 0.368 e. The number of fused-ring (bicyclic) bond motifs is 1. The Labute approximate surface area is 206 Å². The lowest BCUT2D eigenvalue weighted by molar-refractivity contribution is -0.112. The van der Waals surface area contributed by atoms with Crippen molar-refractivity contribution in [1.29, 1.82) is 0 Å². The van der Waals surface area contributed by atoms with Gasteiger partial charge < -0.3 is 31.0 Å². The first-order valence-corrected chi connectivity index (χ1v) is 12.5. The quantitative estimate of drug-likeness (QED) is 0.472. The molecular weight excluding hydrogens is 442 g/mol. The first kappa shape index (κ1) is 24.7. The summed E-state index contributed by atoms with van der Waals surface area (Å²) in [5.41, 5.74) is 9.07. The monoisotopic (exact) mass is 477 g/mol. The number of aromatic nitrogens is 2. The van der Waals surface area contributed by atoms with Crippen LogP contribution in [0.25, 0.3) is 6.08 Å². The number of hydrogen-bond acceptors (Lipinski definition) is 8. The molecule has 186 valence electrons. The number of rotatable bonds is 9. The van der Waals surface area contributed by atoms with Crippen LogP contribution < -0.4 is 16.4 Å². The molecule has 4 N–H and O–H groups in total. The third-order valence-electron chi connectivity index (χ3n) is 6.64. The first-order chi connectivity index (χ1) is 17.0. The Hall–Kier alpha value is -3.46. The van der Waals surface area contributed by atoms with Gasteiger partial charge in [0.05, 0.1) is 11.3 Å². The SMILES string of the molecule is CCCC(CC)Nc1nc(N)nc2c1[C@H](C=O)N(Cc1ccc(C(=O)N3CCNCC3)cc1)C=C2. The molecule has 2 atom stereocenters. The van der Waals surface area contributed by atoms with E-state index in [9.17, 15) is 9.59 Å². The van der Waals surface area contributed by atoms with Crippen molar-refractivity contribution in [3.63, 3.8) is 0 Å². The molecule has 1 amide bonds. The van der Waals surface area contributed by atoms with Crippen molar-refractivity contribution in [3.05, 3.63) is 52.8 Å². The highest BCUT2D eigenvalue weighted by molar-refractivity contribution is 5.94. The van der Waals surface area contributed by atoms with Crippen molar-refractivity contribution in [2.24, 2.45) is 0 Å². The van der Waals surface area contributed by atoms with Gasteiger partial charge in [-0.05, 0) is 36.6 Å². The predicted octanol–water partition coefficient (Wildman–Crippen LogP) is 2.82. The van der Waals surface area contributed by atoms with Crippen molar-refractivity contribution >= 4 is 30.0 Å². The van der Waals surface area contributed by atoms with Crippen molar-refractivity contribution in [1.82, 2.24) is 25.1 Å². The minimum atomic E-state index is -0.542. The summed E-state index contributed by atoms with van der Waals surface area (Å²) in [5.74, 6) is 0.861. The number of anilines is 2. The highest BCUT2D eigenvalue weighted by atomic mass is 16.2. The Kier molecular flexibility index (Phi) is 7.97. The van der Waals surface area contributed by atoms with E-state index >= 15 is 0 Å². The Bertz CT molecular complexity index is 1060. The van der Waals surface area contributed by atoms with Gasteiger partial charge in [0.1, 0.15) is 18.1 Å². The molecule has 0 bridgehead atoms. The molecule has 2 aliphatic rings. The van der Waals surface area contributed by atoms with Crippen molar-refractivity contribution in [2.45, 2.75) is 51.7 Å². The number of benzene rings is 1. The third-order valence-corrected chi connectivity index (χ3v) is 6.64. The van der Waals surface area contributed by atoms with Crippen molar-refractivity contribution in [3.8, 4) is 0 Å². The number of nitrogens with zero attached hydrogens (tertiary/aromatic N) is 4. The van der Waals surface area contributed by atoms with Gasteiger partial charge in [-0.15, -0.1) is 0 Å². The van der Waals surface area contributed by atoms with Gasteiger partial charge in [-0.2, -0.15) is 4.98 Å². The van der Waals surface area contributed by atoms with E-state index in [0.717, 1.165) is 62.9 Å². The normalized spacial score (nSPS) is 18.2. The minimum absolute atomic E-state index is 0.0543. The molecule has 1 aromatic carbocycles. The van der Waals surface area contributed by atoms with Gasteiger partial charge in [0.15, 0.2) is 0 Å². The van der Waals surface area contributed by atoms with Crippen LogP contribution in [-0.4, -0.2) is 64.2 Å². The van der Waals surface area contributed by atoms with Crippen LogP contribution in [0.15, 0.2) is 30.5 Å². The molecule has 0 radical (unpaired) electrons. The fraction of sp³-hybridized carbons (Fsp3) is 0.462. The number of piperazine rings is 1. The highest BCUT2D eigenvalue weighted by Gasteiger charge is 2.29. The zero-order valence-corrected chi connectivity index (χ0v) is 20.5. The topological polar surface area (TPSA) is 116 Å². The van der Waals surface area contributed by atoms with Crippen LogP contribution in [-0.2, 0) is 11.3 Å². The summed E-state index contributed by atoms with van der Waals surface area (Å²) >= 11 is 0. The maximum absolute atomic E-state index is 12.8. The molecule has 9 nitrogen and oxygen atoms in total. The van der Waals surface area contributed by atoms with Gasteiger partial charge in [-0.3, -0.25) is 4.79 Å². The van der Waals surface area contributed by atoms with Crippen molar-refractivity contribution in [2.75, 3.05) is 37.2 Å². The van der Waals surface area contributed by atoms with Crippen LogP contribution in [0.5, 0.6) is 0 Å². The van der Waals surface area contributed by atoms with E-state index < -0.39 is 6.04 Å². The molecule has 1 aromatic heterocycles. The Morgan fingerprint density at radius 1 is 1.23 bits per heavy atom. The summed E-state index contributed by atoms with van der Waals surface area (Å²) in [6.07, 6.45) is 7.67. The van der Waals surface area contributed by atoms with Gasteiger partial charge in [0.25, 0.3) is 5.91 Å². The standard InChI is InChI=1S/C26H35N7O2/c1-3-5-20(4-2)29-24-23-21(30-26(27)31-24)10-13-33(22(23)17-34)16-18-6-8-19(9-7-18)25(35)32-14-11-28-12-15-32/h6-10,13,17,20,22,28H,3-5,11-12,14-16H2,1-2H3,(H3,27,29,30,31)/t20?,22-/m0/s1. The number of amides is 1. The number of hydrogen-bond donors (Lipinski definition) is 3. The van der Waals surface area contributed by atoms with E-state index in [4.69, 9.17) is 5.73 Å². The number of nitrogen functional groups attached to an aromatic ring is 1. The predicted molar refractivity (Wildman–Crippen MR) is 138 cm³/mol. The van der Waals surface area contributed by atoms with E-state index in [-0.39, 0.29) is 17.9 Å². The maximum Gasteiger partial charge on any atom is 0.253 e. The second-order valence-electron chi connectivity index (χ2n) is 9.08. The zero-order valence-electron chi connectivity index (χ0n) is 20.5. The van der Waals surface area contributed by atoms with E-state index in [0.29, 0.717) is 23.6 Å². The molecule has 0 saturated carbocycles. The second-order valence-corrected chi connectivity index (χ2v) is 9.08. The van der Waals surface area contributed by atoms with Crippen molar-refractivity contribution < 1.29 is 9.59 Å². The summed E-state index contributed by atoms with van der Waals surface area (Å²) < 4.78 is 0.